The van der Waals surface area contributed by atoms with Crippen molar-refractivity contribution in [3.05, 3.63) is 34.1 Å². The van der Waals surface area contributed by atoms with Crippen LogP contribution in [-0.2, 0) is 11.2 Å². The molecular weight excluding hydrogens is 297 g/mol. The smallest absolute Gasteiger partial charge is 0.124 e. The Morgan fingerprint density at radius 3 is 2.61 bits per heavy atom. The van der Waals surface area contributed by atoms with Gasteiger partial charge >= 0.3 is 0 Å². The van der Waals surface area contributed by atoms with Crippen molar-refractivity contribution in [2.24, 2.45) is 0 Å². The molecule has 0 aromatic heterocycles. The zero-order valence-electron chi connectivity index (χ0n) is 11.4. The summed E-state index contributed by atoms with van der Waals surface area (Å²) in [6.45, 7) is 7.05. The predicted molar refractivity (Wildman–Crippen MR) is 76.4 cm³/mol. The van der Waals surface area contributed by atoms with Crippen molar-refractivity contribution >= 4 is 15.9 Å². The number of rotatable bonds is 6. The van der Waals surface area contributed by atoms with Gasteiger partial charge in [0.15, 0.2) is 0 Å². The van der Waals surface area contributed by atoms with Crippen LogP contribution in [0.2, 0.25) is 0 Å². The number of hydrogen-bond acceptors (Lipinski definition) is 2. The second kappa shape index (κ2) is 6.64. The fourth-order valence-corrected chi connectivity index (χ4v) is 2.37. The van der Waals surface area contributed by atoms with Gasteiger partial charge in [-0.2, -0.15) is 0 Å². The van der Waals surface area contributed by atoms with Crippen molar-refractivity contribution < 1.29 is 9.13 Å². The number of benzene rings is 1. The highest BCUT2D eigenvalue weighted by Crippen LogP contribution is 2.24. The van der Waals surface area contributed by atoms with Crippen LogP contribution >= 0.6 is 15.9 Å². The Hall–Kier alpha value is -0.450. The molecule has 0 aliphatic heterocycles. The number of ether oxygens (including phenoxy) is 1. The molecule has 0 fully saturated rings. The van der Waals surface area contributed by atoms with Gasteiger partial charge in [0.05, 0.1) is 5.60 Å². The van der Waals surface area contributed by atoms with Gasteiger partial charge in [-0.1, -0.05) is 28.9 Å². The van der Waals surface area contributed by atoms with Crippen LogP contribution in [0.1, 0.15) is 26.3 Å². The molecule has 0 heterocycles. The monoisotopic (exact) mass is 317 g/mol. The van der Waals surface area contributed by atoms with E-state index in [1.807, 2.05) is 6.07 Å². The standard InChI is InChI=1S/C14H21BrFNO/c1-5-17-13(14(2,3)18-4)8-10-6-7-11(16)9-12(10)15/h6-7,9,13,17H,5,8H2,1-4H3. The highest BCUT2D eigenvalue weighted by atomic mass is 79.9. The molecule has 0 bridgehead atoms. The predicted octanol–water partition coefficient (Wildman–Crippen LogP) is 3.53. The maximum atomic E-state index is 13.1. The lowest BCUT2D eigenvalue weighted by atomic mass is 9.92. The van der Waals surface area contributed by atoms with Crippen LogP contribution in [-0.4, -0.2) is 25.3 Å². The van der Waals surface area contributed by atoms with E-state index in [9.17, 15) is 4.39 Å². The van der Waals surface area contributed by atoms with E-state index in [1.165, 1.54) is 12.1 Å². The number of hydrogen-bond donors (Lipinski definition) is 1. The fraction of sp³-hybridized carbons (Fsp3) is 0.571. The highest BCUT2D eigenvalue weighted by Gasteiger charge is 2.29. The third-order valence-corrected chi connectivity index (χ3v) is 3.99. The first kappa shape index (κ1) is 15.6. The molecule has 18 heavy (non-hydrogen) atoms. The Bertz CT molecular complexity index is 395. The minimum Gasteiger partial charge on any atom is -0.377 e. The number of likely N-dealkylation sites (N-methyl/N-ethyl adjacent to an activating group) is 1. The van der Waals surface area contributed by atoms with Gasteiger partial charge in [0, 0.05) is 17.6 Å². The molecule has 0 aliphatic carbocycles. The van der Waals surface area contributed by atoms with Crippen molar-refractivity contribution in [1.82, 2.24) is 5.32 Å². The van der Waals surface area contributed by atoms with Gasteiger partial charge < -0.3 is 10.1 Å². The molecule has 1 atom stereocenters. The first-order valence-corrected chi connectivity index (χ1v) is 6.92. The molecule has 1 unspecified atom stereocenters. The average Bonchev–Trinajstić information content (AvgIpc) is 2.31. The highest BCUT2D eigenvalue weighted by molar-refractivity contribution is 9.10. The van der Waals surface area contributed by atoms with Crippen LogP contribution in [0.5, 0.6) is 0 Å². The SMILES string of the molecule is CCNC(Cc1ccc(F)cc1Br)C(C)(C)OC. The van der Waals surface area contributed by atoms with E-state index in [0.29, 0.717) is 0 Å². The van der Waals surface area contributed by atoms with E-state index in [2.05, 4.69) is 42.0 Å². The third kappa shape index (κ3) is 4.04. The lowest BCUT2D eigenvalue weighted by Gasteiger charge is -2.34. The lowest BCUT2D eigenvalue weighted by molar-refractivity contribution is -0.00964. The zero-order valence-corrected chi connectivity index (χ0v) is 13.0. The summed E-state index contributed by atoms with van der Waals surface area (Å²) in [7, 11) is 1.71. The molecule has 0 radical (unpaired) electrons. The summed E-state index contributed by atoms with van der Waals surface area (Å²) in [5.41, 5.74) is 0.802. The van der Waals surface area contributed by atoms with Gasteiger partial charge in [-0.05, 0) is 44.5 Å². The molecule has 1 rings (SSSR count). The minimum atomic E-state index is -0.274. The van der Waals surface area contributed by atoms with Crippen molar-refractivity contribution in [1.29, 1.82) is 0 Å². The first-order chi connectivity index (χ1) is 8.40. The van der Waals surface area contributed by atoms with E-state index in [1.54, 1.807) is 7.11 Å². The molecular formula is C14H21BrFNO. The Morgan fingerprint density at radius 1 is 1.44 bits per heavy atom. The van der Waals surface area contributed by atoms with Gasteiger partial charge in [0.1, 0.15) is 5.82 Å². The first-order valence-electron chi connectivity index (χ1n) is 6.13. The maximum absolute atomic E-state index is 13.1. The van der Waals surface area contributed by atoms with Crippen LogP contribution in [0.4, 0.5) is 4.39 Å². The Kier molecular flexibility index (Phi) is 5.76. The molecule has 0 saturated carbocycles. The van der Waals surface area contributed by atoms with E-state index >= 15 is 0 Å². The molecule has 4 heteroatoms. The summed E-state index contributed by atoms with van der Waals surface area (Å²) in [5, 5.41) is 3.42. The van der Waals surface area contributed by atoms with Crippen LogP contribution in [0.3, 0.4) is 0 Å². The number of halogens is 2. The molecule has 0 amide bonds. The molecule has 102 valence electrons. The van der Waals surface area contributed by atoms with Crippen LogP contribution < -0.4 is 5.32 Å². The summed E-state index contributed by atoms with van der Waals surface area (Å²) in [5.74, 6) is -0.225. The van der Waals surface area contributed by atoms with Crippen LogP contribution in [0, 0.1) is 5.82 Å². The Labute approximate surface area is 117 Å². The summed E-state index contributed by atoms with van der Waals surface area (Å²) in [6.07, 6.45) is 0.787. The fourth-order valence-electron chi connectivity index (χ4n) is 1.86. The number of methoxy groups -OCH3 is 1. The van der Waals surface area contributed by atoms with Gasteiger partial charge in [-0.25, -0.2) is 4.39 Å². The molecule has 2 nitrogen and oxygen atoms in total. The molecule has 0 aliphatic rings. The Balaban J connectivity index is 2.89. The topological polar surface area (TPSA) is 21.3 Å². The molecule has 1 N–H and O–H groups in total. The quantitative estimate of drug-likeness (QED) is 0.866. The summed E-state index contributed by atoms with van der Waals surface area (Å²) in [6, 6.07) is 4.98. The van der Waals surface area contributed by atoms with Crippen molar-refractivity contribution in [2.45, 2.75) is 38.8 Å². The Morgan fingerprint density at radius 2 is 2.11 bits per heavy atom. The normalized spacial score (nSPS) is 13.7. The van der Waals surface area contributed by atoms with Crippen LogP contribution in [0.25, 0.3) is 0 Å². The summed E-state index contributed by atoms with van der Waals surface area (Å²) in [4.78, 5) is 0. The lowest BCUT2D eigenvalue weighted by Crippen LogP contribution is -2.49. The van der Waals surface area contributed by atoms with Crippen LogP contribution in [0.15, 0.2) is 22.7 Å². The van der Waals surface area contributed by atoms with Crippen molar-refractivity contribution in [3.63, 3.8) is 0 Å². The van der Waals surface area contributed by atoms with E-state index < -0.39 is 0 Å². The number of nitrogens with one attached hydrogen (secondary N) is 1. The van der Waals surface area contributed by atoms with Gasteiger partial charge in [-0.15, -0.1) is 0 Å². The molecule has 1 aromatic carbocycles. The second-order valence-corrected chi connectivity index (χ2v) is 5.71. The minimum absolute atomic E-state index is 0.175. The summed E-state index contributed by atoms with van der Waals surface area (Å²) >= 11 is 3.41. The van der Waals surface area contributed by atoms with Crippen molar-refractivity contribution in [3.8, 4) is 0 Å². The largest absolute Gasteiger partial charge is 0.377 e. The van der Waals surface area contributed by atoms with E-state index in [-0.39, 0.29) is 17.5 Å². The van der Waals surface area contributed by atoms with Gasteiger partial charge in [0.25, 0.3) is 0 Å². The third-order valence-electron chi connectivity index (χ3n) is 3.25. The second-order valence-electron chi connectivity index (χ2n) is 4.86. The maximum Gasteiger partial charge on any atom is 0.124 e. The molecule has 0 saturated heterocycles. The average molecular weight is 318 g/mol. The van der Waals surface area contributed by atoms with Gasteiger partial charge in [-0.3, -0.25) is 0 Å². The van der Waals surface area contributed by atoms with E-state index in [4.69, 9.17) is 4.74 Å². The molecule has 1 aromatic rings. The zero-order chi connectivity index (χ0) is 13.8. The summed E-state index contributed by atoms with van der Waals surface area (Å²) < 4.78 is 19.4. The van der Waals surface area contributed by atoms with E-state index in [0.717, 1.165) is 23.0 Å². The van der Waals surface area contributed by atoms with Gasteiger partial charge in [0.2, 0.25) is 0 Å². The molecule has 0 spiro atoms. The van der Waals surface area contributed by atoms with Crippen molar-refractivity contribution in [2.75, 3.05) is 13.7 Å².